The molecule has 1 aromatic heterocycles. The second-order valence-electron chi connectivity index (χ2n) is 3.99. The molecule has 0 aliphatic heterocycles. The Hall–Kier alpha value is -2.56. The average molecular weight is 269 g/mol. The summed E-state index contributed by atoms with van der Waals surface area (Å²) < 4.78 is 1.87. The molecule has 1 heterocycles. The second-order valence-corrected chi connectivity index (χ2v) is 3.99. The molecule has 5 nitrogen and oxygen atoms in total. The summed E-state index contributed by atoms with van der Waals surface area (Å²) in [4.78, 5) is 0. The third-order valence-corrected chi connectivity index (χ3v) is 2.24. The number of nitrogens with zero attached hydrogens (tertiary/aromatic N) is 5. The molecule has 104 valence electrons. The third kappa shape index (κ3) is 5.86. The smallest absolute Gasteiger partial charge is 0.170 e. The zero-order valence-corrected chi connectivity index (χ0v) is 12.1. The molecule has 0 fully saturated rings. The van der Waals surface area contributed by atoms with Gasteiger partial charge in [0.2, 0.25) is 0 Å². The van der Waals surface area contributed by atoms with Crippen LogP contribution in [0.4, 0.5) is 0 Å². The fourth-order valence-corrected chi connectivity index (χ4v) is 1.21. The molecule has 0 radical (unpaired) electrons. The van der Waals surface area contributed by atoms with Crippen molar-refractivity contribution < 1.29 is 0 Å². The van der Waals surface area contributed by atoms with Crippen molar-refractivity contribution >= 4 is 5.84 Å². The maximum atomic E-state index is 4.10. The molecule has 0 bridgehead atoms. The topological polar surface area (TPSA) is 54.4 Å². The summed E-state index contributed by atoms with van der Waals surface area (Å²) >= 11 is 0. The number of allylic oxidation sites excluding steroid dienone is 4. The van der Waals surface area contributed by atoms with Gasteiger partial charge >= 0.3 is 0 Å². The number of pyridine rings is 1. The highest BCUT2D eigenvalue weighted by Gasteiger charge is 1.87. The number of aromatic nitrogens is 1. The largest absolute Gasteiger partial charge is 0.335 e. The fourth-order valence-electron chi connectivity index (χ4n) is 1.21. The van der Waals surface area contributed by atoms with Crippen molar-refractivity contribution in [3.63, 3.8) is 0 Å². The Labute approximate surface area is 119 Å². The van der Waals surface area contributed by atoms with E-state index in [9.17, 15) is 0 Å². The first-order chi connectivity index (χ1) is 9.63. The molecule has 1 rings (SSSR count). The van der Waals surface area contributed by atoms with Gasteiger partial charge in [-0.3, -0.25) is 0 Å². The lowest BCUT2D eigenvalue weighted by molar-refractivity contribution is 0.815. The van der Waals surface area contributed by atoms with E-state index in [1.54, 1.807) is 13.0 Å². The molecule has 0 atom stereocenters. The summed E-state index contributed by atoms with van der Waals surface area (Å²) in [6.07, 6.45) is 9.34. The Kier molecular flexibility index (Phi) is 6.61. The van der Waals surface area contributed by atoms with Crippen LogP contribution >= 0.6 is 0 Å². The second kappa shape index (κ2) is 8.53. The van der Waals surface area contributed by atoms with E-state index < -0.39 is 0 Å². The summed E-state index contributed by atoms with van der Waals surface area (Å²) in [5.74, 6) is 0.467. The van der Waals surface area contributed by atoms with Gasteiger partial charge in [0.1, 0.15) is 0 Å². The first kappa shape index (κ1) is 15.5. The van der Waals surface area contributed by atoms with Gasteiger partial charge in [-0.2, -0.15) is 0 Å². The van der Waals surface area contributed by atoms with E-state index in [2.05, 4.69) is 27.0 Å². The van der Waals surface area contributed by atoms with E-state index in [1.807, 2.05) is 61.2 Å². The van der Waals surface area contributed by atoms with Crippen molar-refractivity contribution in [1.29, 1.82) is 0 Å². The highest BCUT2D eigenvalue weighted by molar-refractivity contribution is 5.79. The number of hydrogen-bond donors (Lipinski definition) is 0. The van der Waals surface area contributed by atoms with Gasteiger partial charge in [-0.25, -0.2) is 0 Å². The van der Waals surface area contributed by atoms with E-state index in [1.165, 1.54) is 0 Å². The van der Waals surface area contributed by atoms with E-state index in [4.69, 9.17) is 0 Å². The number of aryl methyl sites for hydroxylation is 1. The van der Waals surface area contributed by atoms with Gasteiger partial charge in [-0.15, -0.1) is 20.4 Å². The molecule has 0 aromatic carbocycles. The summed E-state index contributed by atoms with van der Waals surface area (Å²) in [5.41, 5.74) is 1.30. The highest BCUT2D eigenvalue weighted by Crippen LogP contribution is 1.97. The van der Waals surface area contributed by atoms with Gasteiger partial charge < -0.3 is 4.57 Å². The molecule has 0 amide bonds. The van der Waals surface area contributed by atoms with E-state index >= 15 is 0 Å². The summed E-state index contributed by atoms with van der Waals surface area (Å²) in [6, 6.07) is 5.70. The van der Waals surface area contributed by atoms with Crippen LogP contribution in [0.25, 0.3) is 0 Å². The summed E-state index contributed by atoms with van der Waals surface area (Å²) in [5, 5.41) is 16.0. The van der Waals surface area contributed by atoms with Gasteiger partial charge in [0, 0.05) is 13.2 Å². The fraction of sp³-hybridized carbons (Fsp3) is 0.200. The van der Waals surface area contributed by atoms with Gasteiger partial charge in [-0.05, 0) is 32.1 Å². The molecule has 0 saturated carbocycles. The number of azo groups is 1. The summed E-state index contributed by atoms with van der Waals surface area (Å²) in [7, 11) is 1.90. The van der Waals surface area contributed by atoms with Crippen LogP contribution in [0.15, 0.2) is 81.4 Å². The average Bonchev–Trinajstić information content (AvgIpc) is 2.44. The monoisotopic (exact) mass is 269 g/mol. The van der Waals surface area contributed by atoms with Crippen LogP contribution in [0.5, 0.6) is 0 Å². The molecule has 5 heteroatoms. The number of hydrogen-bond acceptors (Lipinski definition) is 3. The zero-order chi connectivity index (χ0) is 14.8. The Bertz CT molecular complexity index is 630. The molecular weight excluding hydrogens is 250 g/mol. The normalized spacial score (nSPS) is 13.9. The van der Waals surface area contributed by atoms with Crippen LogP contribution in [-0.2, 0) is 7.05 Å². The minimum absolute atomic E-state index is 0.467. The van der Waals surface area contributed by atoms with Crippen molar-refractivity contribution in [3.05, 3.63) is 66.5 Å². The van der Waals surface area contributed by atoms with Crippen molar-refractivity contribution in [2.75, 3.05) is 0 Å². The minimum atomic E-state index is 0.467. The maximum Gasteiger partial charge on any atom is 0.170 e. The third-order valence-electron chi connectivity index (χ3n) is 2.24. The van der Waals surface area contributed by atoms with Crippen molar-refractivity contribution in [3.8, 4) is 0 Å². The highest BCUT2D eigenvalue weighted by atomic mass is 15.3. The van der Waals surface area contributed by atoms with Crippen LogP contribution in [-0.4, -0.2) is 10.4 Å². The zero-order valence-electron chi connectivity index (χ0n) is 12.1. The van der Waals surface area contributed by atoms with Crippen molar-refractivity contribution in [2.24, 2.45) is 27.5 Å². The van der Waals surface area contributed by atoms with Crippen molar-refractivity contribution in [1.82, 2.24) is 4.57 Å². The van der Waals surface area contributed by atoms with Crippen LogP contribution < -0.4 is 5.49 Å². The molecule has 0 saturated heterocycles. The van der Waals surface area contributed by atoms with Crippen molar-refractivity contribution in [2.45, 2.75) is 13.8 Å². The van der Waals surface area contributed by atoms with Crippen LogP contribution in [0, 0.1) is 0 Å². The van der Waals surface area contributed by atoms with Gasteiger partial charge in [-0.1, -0.05) is 30.9 Å². The molecule has 1 aromatic rings. The predicted octanol–water partition coefficient (Wildman–Crippen LogP) is 3.36. The predicted molar refractivity (Wildman–Crippen MR) is 82.0 cm³/mol. The quantitative estimate of drug-likeness (QED) is 0.265. The molecule has 0 aliphatic rings. The molecular formula is C15H19N5. The Balaban J connectivity index is 2.74. The molecule has 0 N–H and O–H groups in total. The van der Waals surface area contributed by atoms with E-state index in [0.29, 0.717) is 11.5 Å². The van der Waals surface area contributed by atoms with Crippen LogP contribution in [0.1, 0.15) is 13.8 Å². The lowest BCUT2D eigenvalue weighted by Crippen LogP contribution is -2.15. The Morgan fingerprint density at radius 3 is 2.75 bits per heavy atom. The molecule has 0 aliphatic carbocycles. The first-order valence-corrected chi connectivity index (χ1v) is 6.23. The van der Waals surface area contributed by atoms with E-state index in [-0.39, 0.29) is 0 Å². The summed E-state index contributed by atoms with van der Waals surface area (Å²) in [6.45, 7) is 7.44. The minimum Gasteiger partial charge on any atom is -0.335 e. The van der Waals surface area contributed by atoms with E-state index in [0.717, 1.165) is 5.49 Å². The first-order valence-electron chi connectivity index (χ1n) is 6.23. The van der Waals surface area contributed by atoms with Gasteiger partial charge in [0.15, 0.2) is 11.3 Å². The van der Waals surface area contributed by atoms with Gasteiger partial charge in [0.05, 0.1) is 5.70 Å². The van der Waals surface area contributed by atoms with Crippen LogP contribution in [0.3, 0.4) is 0 Å². The molecule has 0 unspecified atom stereocenters. The maximum absolute atomic E-state index is 4.10. The Morgan fingerprint density at radius 2 is 2.05 bits per heavy atom. The van der Waals surface area contributed by atoms with Gasteiger partial charge in [0.25, 0.3) is 0 Å². The number of rotatable bonds is 4. The van der Waals surface area contributed by atoms with Crippen LogP contribution in [0.2, 0.25) is 0 Å². The molecule has 0 spiro atoms. The SMILES string of the molecule is C=C(/C=C\C=C/C)/N=N/C(C)=N/N=c1\ccccn1C. The lowest BCUT2D eigenvalue weighted by Gasteiger charge is -1.95. The molecule has 20 heavy (non-hydrogen) atoms. The Morgan fingerprint density at radius 1 is 1.25 bits per heavy atom. The lowest BCUT2D eigenvalue weighted by atomic mass is 10.4. The standard InChI is InChI=1S/C15H19N5/c1-5-6-7-10-13(2)16-17-14(3)18-19-15-11-8-9-12-20(15)4/h5-12H,2H2,1,3-4H3/b6-5-,10-7-,17-16+,18-14+,19-15+. The number of amidine groups is 1.